The van der Waals surface area contributed by atoms with Gasteiger partial charge in [0.25, 0.3) is 5.89 Å². The van der Waals surface area contributed by atoms with Crippen LogP contribution in [0.2, 0.25) is 0 Å². The van der Waals surface area contributed by atoms with E-state index in [0.717, 1.165) is 53.0 Å². The molecule has 0 atom stereocenters. The second-order valence-electron chi connectivity index (χ2n) is 6.67. The quantitative estimate of drug-likeness (QED) is 0.631. The summed E-state index contributed by atoms with van der Waals surface area (Å²) in [5.74, 6) is 1.83. The van der Waals surface area contributed by atoms with Gasteiger partial charge in [0, 0.05) is 17.5 Å². The van der Waals surface area contributed by atoms with Crippen molar-refractivity contribution in [2.24, 2.45) is 0 Å². The Morgan fingerprint density at radius 2 is 1.75 bits per heavy atom. The van der Waals surface area contributed by atoms with E-state index >= 15 is 0 Å². The summed E-state index contributed by atoms with van der Waals surface area (Å²) in [6.07, 6.45) is 4.42. The Morgan fingerprint density at radius 3 is 2.43 bits per heavy atom. The molecule has 0 unspecified atom stereocenters. The van der Waals surface area contributed by atoms with E-state index in [1.165, 1.54) is 5.56 Å². The van der Waals surface area contributed by atoms with E-state index in [9.17, 15) is 0 Å². The molecule has 0 aliphatic carbocycles. The van der Waals surface area contributed by atoms with E-state index in [0.29, 0.717) is 11.7 Å². The fourth-order valence-corrected chi connectivity index (χ4v) is 3.33. The first-order valence-corrected chi connectivity index (χ1v) is 9.80. The summed E-state index contributed by atoms with van der Waals surface area (Å²) in [6, 6.07) is 6.08. The van der Waals surface area contributed by atoms with Gasteiger partial charge >= 0.3 is 0 Å². The van der Waals surface area contributed by atoms with Crippen molar-refractivity contribution < 1.29 is 14.4 Å². The van der Waals surface area contributed by atoms with Crippen LogP contribution >= 0.6 is 0 Å². The molecular formula is C22H27N3O3. The molecule has 0 bridgehead atoms. The van der Waals surface area contributed by atoms with E-state index in [2.05, 4.69) is 42.0 Å². The van der Waals surface area contributed by atoms with Gasteiger partial charge in [-0.25, -0.2) is 0 Å². The number of aryl methyl sites for hydroxylation is 4. The summed E-state index contributed by atoms with van der Waals surface area (Å²) in [5.41, 5.74) is 6.06. The van der Waals surface area contributed by atoms with E-state index in [4.69, 9.17) is 14.4 Å². The van der Waals surface area contributed by atoms with Gasteiger partial charge < -0.3 is 14.4 Å². The highest BCUT2D eigenvalue weighted by Crippen LogP contribution is 2.31. The van der Waals surface area contributed by atoms with Gasteiger partial charge in [0.1, 0.15) is 12.4 Å². The smallest absolute Gasteiger partial charge is 0.259 e. The molecule has 2 aromatic heterocycles. The Morgan fingerprint density at radius 1 is 1.00 bits per heavy atom. The second-order valence-corrected chi connectivity index (χ2v) is 6.67. The number of ether oxygens (including phenoxy) is 1. The highest BCUT2D eigenvalue weighted by Gasteiger charge is 2.16. The first-order chi connectivity index (χ1) is 13.6. The molecule has 0 spiro atoms. The van der Waals surface area contributed by atoms with Crippen LogP contribution in [0, 0.1) is 6.92 Å². The Kier molecular flexibility index (Phi) is 6.41. The van der Waals surface area contributed by atoms with Crippen LogP contribution in [0.3, 0.4) is 0 Å². The number of aromatic nitrogens is 3. The van der Waals surface area contributed by atoms with E-state index in [-0.39, 0.29) is 13.2 Å². The van der Waals surface area contributed by atoms with Crippen LogP contribution in [-0.4, -0.2) is 33.4 Å². The Bertz CT molecular complexity index is 950. The lowest BCUT2D eigenvalue weighted by atomic mass is 10.0. The molecule has 3 aromatic rings. The predicted molar refractivity (Wildman–Crippen MR) is 108 cm³/mol. The summed E-state index contributed by atoms with van der Waals surface area (Å²) < 4.78 is 11.2. The average Bonchev–Trinajstić information content (AvgIpc) is 3.22. The predicted octanol–water partition coefficient (Wildman–Crippen LogP) is 4.17. The highest BCUT2D eigenvalue weighted by atomic mass is 16.5. The Balaban J connectivity index is 1.95. The largest absolute Gasteiger partial charge is 0.491 e. The van der Waals surface area contributed by atoms with Crippen LogP contribution in [0.1, 0.15) is 43.2 Å². The normalized spacial score (nSPS) is 11.0. The molecule has 0 saturated heterocycles. The summed E-state index contributed by atoms with van der Waals surface area (Å²) >= 11 is 0. The molecule has 0 saturated carbocycles. The lowest BCUT2D eigenvalue weighted by molar-refractivity contribution is 0.199. The third kappa shape index (κ3) is 4.07. The molecule has 0 aliphatic rings. The molecule has 6 nitrogen and oxygen atoms in total. The molecule has 0 fully saturated rings. The van der Waals surface area contributed by atoms with Gasteiger partial charge in [-0.2, -0.15) is 4.98 Å². The van der Waals surface area contributed by atoms with Crippen LogP contribution in [-0.2, 0) is 19.3 Å². The van der Waals surface area contributed by atoms with Crippen LogP contribution in [0.4, 0.5) is 0 Å². The lowest BCUT2D eigenvalue weighted by Crippen LogP contribution is -2.05. The van der Waals surface area contributed by atoms with Crippen LogP contribution in [0.15, 0.2) is 28.9 Å². The summed E-state index contributed by atoms with van der Waals surface area (Å²) in [7, 11) is 0. The molecular weight excluding hydrogens is 354 g/mol. The fraction of sp³-hybridized carbons (Fsp3) is 0.409. The molecule has 0 radical (unpaired) electrons. The van der Waals surface area contributed by atoms with Gasteiger partial charge in [0.2, 0.25) is 5.82 Å². The average molecular weight is 381 g/mol. The number of hydrogen-bond donors (Lipinski definition) is 1. The number of aliphatic hydroxyl groups excluding tert-OH is 1. The summed E-state index contributed by atoms with van der Waals surface area (Å²) in [4.78, 5) is 9.13. The Labute approximate surface area is 165 Å². The van der Waals surface area contributed by atoms with Crippen molar-refractivity contribution in [1.29, 1.82) is 0 Å². The SMILES string of the molecule is CCc1cc(-c2nc(-c3cc(C)c(OCCO)c(CC)c3)no2)cnc1CC. The zero-order chi connectivity index (χ0) is 20.1. The van der Waals surface area contributed by atoms with E-state index in [1.807, 2.05) is 19.1 Å². The minimum Gasteiger partial charge on any atom is -0.491 e. The number of nitrogens with zero attached hydrogens (tertiary/aromatic N) is 3. The van der Waals surface area contributed by atoms with Crippen molar-refractivity contribution in [3.05, 3.63) is 46.8 Å². The molecule has 148 valence electrons. The van der Waals surface area contributed by atoms with Gasteiger partial charge in [-0.05, 0) is 61.1 Å². The Hall–Kier alpha value is -2.73. The number of benzene rings is 1. The molecule has 0 aliphatic heterocycles. The molecule has 6 heteroatoms. The minimum atomic E-state index is -0.0108. The highest BCUT2D eigenvalue weighted by molar-refractivity contribution is 5.64. The third-order valence-corrected chi connectivity index (χ3v) is 4.78. The van der Waals surface area contributed by atoms with Crippen LogP contribution in [0.25, 0.3) is 22.8 Å². The zero-order valence-electron chi connectivity index (χ0n) is 17.0. The van der Waals surface area contributed by atoms with Crippen molar-refractivity contribution in [1.82, 2.24) is 15.1 Å². The van der Waals surface area contributed by atoms with Gasteiger partial charge in [0.05, 0.1) is 12.2 Å². The number of aliphatic hydroxyl groups is 1. The van der Waals surface area contributed by atoms with Gasteiger partial charge in [-0.3, -0.25) is 4.98 Å². The van der Waals surface area contributed by atoms with Crippen molar-refractivity contribution in [2.75, 3.05) is 13.2 Å². The molecule has 1 aromatic carbocycles. The monoisotopic (exact) mass is 381 g/mol. The van der Waals surface area contributed by atoms with Gasteiger partial charge in [0.15, 0.2) is 0 Å². The molecule has 3 rings (SSSR count). The number of rotatable bonds is 8. The number of pyridine rings is 1. The molecule has 28 heavy (non-hydrogen) atoms. The maximum atomic E-state index is 9.03. The lowest BCUT2D eigenvalue weighted by Gasteiger charge is -2.13. The topological polar surface area (TPSA) is 81.3 Å². The summed E-state index contributed by atoms with van der Waals surface area (Å²) in [6.45, 7) is 8.54. The summed E-state index contributed by atoms with van der Waals surface area (Å²) in [5, 5.41) is 13.2. The number of hydrogen-bond acceptors (Lipinski definition) is 6. The van der Waals surface area contributed by atoms with Crippen molar-refractivity contribution in [3.8, 4) is 28.6 Å². The molecule has 1 N–H and O–H groups in total. The zero-order valence-corrected chi connectivity index (χ0v) is 17.0. The maximum absolute atomic E-state index is 9.03. The first kappa shape index (κ1) is 20.0. The second kappa shape index (κ2) is 8.97. The van der Waals surface area contributed by atoms with Crippen molar-refractivity contribution >= 4 is 0 Å². The van der Waals surface area contributed by atoms with Crippen LogP contribution < -0.4 is 4.74 Å². The van der Waals surface area contributed by atoms with Crippen LogP contribution in [0.5, 0.6) is 5.75 Å². The first-order valence-electron chi connectivity index (χ1n) is 9.80. The standard InChI is InChI=1S/C22H27N3O3/c1-5-15-11-18(13-23-19(15)7-3)22-24-21(25-28-22)17-10-14(4)20(27-9-8-26)16(6-2)12-17/h10-13,26H,5-9H2,1-4H3. The van der Waals surface area contributed by atoms with Gasteiger partial charge in [-0.15, -0.1) is 0 Å². The molecule has 2 heterocycles. The van der Waals surface area contributed by atoms with Gasteiger partial charge in [-0.1, -0.05) is 25.9 Å². The third-order valence-electron chi connectivity index (χ3n) is 4.78. The minimum absolute atomic E-state index is 0.0108. The van der Waals surface area contributed by atoms with Crippen molar-refractivity contribution in [3.63, 3.8) is 0 Å². The van der Waals surface area contributed by atoms with E-state index < -0.39 is 0 Å². The maximum Gasteiger partial charge on any atom is 0.259 e. The molecule has 0 amide bonds. The van der Waals surface area contributed by atoms with E-state index in [1.54, 1.807) is 6.20 Å². The fourth-order valence-electron chi connectivity index (χ4n) is 3.33. The van der Waals surface area contributed by atoms with Crippen molar-refractivity contribution in [2.45, 2.75) is 47.0 Å².